The lowest BCUT2D eigenvalue weighted by Gasteiger charge is -2.16. The average molecular weight is 330 g/mol. The molecule has 3 nitrogen and oxygen atoms in total. The molecule has 1 aromatic carbocycles. The van der Waals surface area contributed by atoms with Crippen LogP contribution in [-0.4, -0.2) is 30.9 Å². The number of aryl methyl sites for hydroxylation is 1. The van der Waals surface area contributed by atoms with Crippen LogP contribution in [0.4, 0.5) is 0 Å². The van der Waals surface area contributed by atoms with Crippen LogP contribution < -0.4 is 10.1 Å². The second kappa shape index (κ2) is 8.56. The minimum atomic E-state index is -0.489. The third kappa shape index (κ3) is 6.41. The molecule has 0 aliphatic rings. The number of hydrogen-bond donors (Lipinski definition) is 2. The molecule has 1 rings (SSSR count). The molecule has 2 unspecified atom stereocenters. The van der Waals surface area contributed by atoms with Crippen LogP contribution in [0.25, 0.3) is 0 Å². The van der Waals surface area contributed by atoms with Crippen molar-refractivity contribution in [3.8, 4) is 5.75 Å². The summed E-state index contributed by atoms with van der Waals surface area (Å²) in [6.45, 7) is 8.19. The molecule has 0 radical (unpaired) electrons. The molecule has 19 heavy (non-hydrogen) atoms. The zero-order chi connectivity index (χ0) is 14.3. The van der Waals surface area contributed by atoms with Crippen molar-refractivity contribution in [2.75, 3.05) is 19.7 Å². The van der Waals surface area contributed by atoms with E-state index in [1.807, 2.05) is 25.1 Å². The summed E-state index contributed by atoms with van der Waals surface area (Å²) >= 11 is 3.46. The highest BCUT2D eigenvalue weighted by Gasteiger charge is 2.08. The van der Waals surface area contributed by atoms with Crippen LogP contribution in [0.1, 0.15) is 25.8 Å². The first-order valence-corrected chi connectivity index (χ1v) is 7.60. The summed E-state index contributed by atoms with van der Waals surface area (Å²) in [5.74, 6) is 1.41. The standard InChI is InChI=1S/C15H24BrNO2/c1-4-11(2)8-17-9-13(18)10-19-15-6-5-12(3)7-14(15)16/h5-7,11,13,17-18H,4,8-10H2,1-3H3. The SMILES string of the molecule is CCC(C)CNCC(O)COc1ccc(C)cc1Br. The van der Waals surface area contributed by atoms with Crippen LogP contribution in [-0.2, 0) is 0 Å². The summed E-state index contributed by atoms with van der Waals surface area (Å²) in [7, 11) is 0. The van der Waals surface area contributed by atoms with Crippen molar-refractivity contribution in [3.63, 3.8) is 0 Å². The molecular formula is C15H24BrNO2. The molecule has 108 valence electrons. The van der Waals surface area contributed by atoms with Crippen molar-refractivity contribution in [1.29, 1.82) is 0 Å². The Bertz CT molecular complexity index is 384. The van der Waals surface area contributed by atoms with Crippen molar-refractivity contribution in [2.45, 2.75) is 33.3 Å². The molecule has 0 bridgehead atoms. The van der Waals surface area contributed by atoms with Gasteiger partial charge in [-0.25, -0.2) is 0 Å². The molecule has 0 aliphatic heterocycles. The highest BCUT2D eigenvalue weighted by atomic mass is 79.9. The molecule has 0 saturated carbocycles. The highest BCUT2D eigenvalue weighted by molar-refractivity contribution is 9.10. The van der Waals surface area contributed by atoms with E-state index in [4.69, 9.17) is 4.74 Å². The van der Waals surface area contributed by atoms with Crippen LogP contribution in [0.5, 0.6) is 5.75 Å². The Kier molecular flexibility index (Phi) is 7.42. The largest absolute Gasteiger partial charge is 0.490 e. The van der Waals surface area contributed by atoms with Gasteiger partial charge in [-0.15, -0.1) is 0 Å². The summed E-state index contributed by atoms with van der Waals surface area (Å²) in [6, 6.07) is 5.91. The maximum Gasteiger partial charge on any atom is 0.133 e. The second-order valence-corrected chi connectivity index (χ2v) is 5.92. The Morgan fingerprint density at radius 3 is 2.74 bits per heavy atom. The normalized spacial score (nSPS) is 14.2. The van der Waals surface area contributed by atoms with Crippen molar-refractivity contribution >= 4 is 15.9 Å². The van der Waals surface area contributed by atoms with E-state index in [2.05, 4.69) is 35.1 Å². The van der Waals surface area contributed by atoms with Crippen LogP contribution >= 0.6 is 15.9 Å². The number of hydrogen-bond acceptors (Lipinski definition) is 3. The summed E-state index contributed by atoms with van der Waals surface area (Å²) < 4.78 is 6.52. The van der Waals surface area contributed by atoms with Gasteiger partial charge in [-0.05, 0) is 53.0 Å². The molecular weight excluding hydrogens is 306 g/mol. The van der Waals surface area contributed by atoms with E-state index < -0.39 is 6.10 Å². The Labute approximate surface area is 124 Å². The lowest BCUT2D eigenvalue weighted by molar-refractivity contribution is 0.105. The predicted molar refractivity (Wildman–Crippen MR) is 82.7 cm³/mol. The number of aliphatic hydroxyl groups excluding tert-OH is 1. The molecule has 0 spiro atoms. The fourth-order valence-corrected chi connectivity index (χ4v) is 2.22. The predicted octanol–water partition coefficient (Wildman–Crippen LogP) is 3.13. The van der Waals surface area contributed by atoms with Gasteiger partial charge in [0.05, 0.1) is 4.47 Å². The number of nitrogens with one attached hydrogen (secondary N) is 1. The van der Waals surface area contributed by atoms with Gasteiger partial charge in [0, 0.05) is 6.54 Å². The van der Waals surface area contributed by atoms with Crippen molar-refractivity contribution in [3.05, 3.63) is 28.2 Å². The summed E-state index contributed by atoms with van der Waals surface area (Å²) in [6.07, 6.45) is 0.660. The third-order valence-corrected chi connectivity index (χ3v) is 3.71. The summed E-state index contributed by atoms with van der Waals surface area (Å²) in [5.41, 5.74) is 1.18. The van der Waals surface area contributed by atoms with E-state index in [0.717, 1.165) is 23.2 Å². The van der Waals surface area contributed by atoms with Gasteiger partial charge in [-0.3, -0.25) is 0 Å². The van der Waals surface area contributed by atoms with Crippen LogP contribution in [0.15, 0.2) is 22.7 Å². The first kappa shape index (κ1) is 16.5. The number of ether oxygens (including phenoxy) is 1. The molecule has 0 saturated heterocycles. The highest BCUT2D eigenvalue weighted by Crippen LogP contribution is 2.25. The van der Waals surface area contributed by atoms with Crippen LogP contribution in [0.2, 0.25) is 0 Å². The van der Waals surface area contributed by atoms with E-state index in [1.54, 1.807) is 0 Å². The zero-order valence-electron chi connectivity index (χ0n) is 11.9. The van der Waals surface area contributed by atoms with Gasteiger partial charge >= 0.3 is 0 Å². The fraction of sp³-hybridized carbons (Fsp3) is 0.600. The van der Waals surface area contributed by atoms with E-state index >= 15 is 0 Å². The molecule has 2 N–H and O–H groups in total. The molecule has 4 heteroatoms. The Morgan fingerprint density at radius 1 is 1.37 bits per heavy atom. The number of halogens is 1. The molecule has 0 aromatic heterocycles. The van der Waals surface area contributed by atoms with Gasteiger partial charge in [-0.1, -0.05) is 26.3 Å². The lowest BCUT2D eigenvalue weighted by Crippen LogP contribution is -2.33. The molecule has 1 aromatic rings. The molecule has 0 heterocycles. The summed E-state index contributed by atoms with van der Waals surface area (Å²) in [5, 5.41) is 13.1. The monoisotopic (exact) mass is 329 g/mol. The van der Waals surface area contributed by atoms with Gasteiger partial charge in [0.15, 0.2) is 0 Å². The average Bonchev–Trinajstić information content (AvgIpc) is 2.37. The van der Waals surface area contributed by atoms with Gasteiger partial charge in [0.2, 0.25) is 0 Å². The van der Waals surface area contributed by atoms with E-state index in [0.29, 0.717) is 19.1 Å². The first-order valence-electron chi connectivity index (χ1n) is 6.80. The quantitative estimate of drug-likeness (QED) is 0.769. The number of aliphatic hydroxyl groups is 1. The topological polar surface area (TPSA) is 41.5 Å². The van der Waals surface area contributed by atoms with E-state index in [9.17, 15) is 5.11 Å². The minimum Gasteiger partial charge on any atom is -0.490 e. The van der Waals surface area contributed by atoms with Crippen molar-refractivity contribution in [1.82, 2.24) is 5.32 Å². The maximum absolute atomic E-state index is 9.84. The smallest absolute Gasteiger partial charge is 0.133 e. The lowest BCUT2D eigenvalue weighted by atomic mass is 10.1. The molecule has 0 fully saturated rings. The zero-order valence-corrected chi connectivity index (χ0v) is 13.5. The summed E-state index contributed by atoms with van der Waals surface area (Å²) in [4.78, 5) is 0. The third-order valence-electron chi connectivity index (χ3n) is 3.09. The Morgan fingerprint density at radius 2 is 2.11 bits per heavy atom. The van der Waals surface area contributed by atoms with E-state index in [-0.39, 0.29) is 0 Å². The minimum absolute atomic E-state index is 0.301. The van der Waals surface area contributed by atoms with Gasteiger partial charge in [-0.2, -0.15) is 0 Å². The van der Waals surface area contributed by atoms with Crippen molar-refractivity contribution < 1.29 is 9.84 Å². The Balaban J connectivity index is 2.28. The molecule has 0 amide bonds. The molecule has 0 aliphatic carbocycles. The van der Waals surface area contributed by atoms with Gasteiger partial charge in [0.25, 0.3) is 0 Å². The maximum atomic E-state index is 9.84. The molecule has 2 atom stereocenters. The number of benzene rings is 1. The van der Waals surface area contributed by atoms with Crippen LogP contribution in [0.3, 0.4) is 0 Å². The van der Waals surface area contributed by atoms with Gasteiger partial charge in [0.1, 0.15) is 18.5 Å². The van der Waals surface area contributed by atoms with Gasteiger partial charge < -0.3 is 15.2 Å². The number of rotatable bonds is 8. The van der Waals surface area contributed by atoms with E-state index in [1.165, 1.54) is 5.56 Å². The van der Waals surface area contributed by atoms with Crippen molar-refractivity contribution in [2.24, 2.45) is 5.92 Å². The van der Waals surface area contributed by atoms with Crippen LogP contribution in [0, 0.1) is 12.8 Å². The second-order valence-electron chi connectivity index (χ2n) is 5.07. The first-order chi connectivity index (χ1) is 9.02. The fourth-order valence-electron chi connectivity index (χ4n) is 1.61. The Hall–Kier alpha value is -0.580.